The molecule has 0 aliphatic carbocycles. The Morgan fingerprint density at radius 3 is 2.66 bits per heavy atom. The van der Waals surface area contributed by atoms with Crippen molar-refractivity contribution in [2.45, 2.75) is 44.0 Å². The third-order valence-corrected chi connectivity index (χ3v) is 5.55. The zero-order valence-electron chi connectivity index (χ0n) is 16.5. The first-order valence-electron chi connectivity index (χ1n) is 9.69. The molecule has 0 amide bonds. The Labute approximate surface area is 173 Å². The topological polar surface area (TPSA) is 73.8 Å². The lowest BCUT2D eigenvalue weighted by atomic mass is 10.2. The molecule has 148 valence electrons. The lowest BCUT2D eigenvalue weighted by Crippen LogP contribution is -2.21. The number of hydrogen-bond acceptors (Lipinski definition) is 6. The van der Waals surface area contributed by atoms with Crippen LogP contribution in [0, 0.1) is 6.92 Å². The molecule has 0 fully saturated rings. The summed E-state index contributed by atoms with van der Waals surface area (Å²) in [6, 6.07) is 15.3. The van der Waals surface area contributed by atoms with Gasteiger partial charge in [0, 0.05) is 6.42 Å². The molecule has 4 rings (SSSR count). The summed E-state index contributed by atoms with van der Waals surface area (Å²) in [6.07, 6.45) is 2.93. The van der Waals surface area contributed by atoms with Gasteiger partial charge in [0.2, 0.25) is 5.89 Å². The van der Waals surface area contributed by atoms with Crippen molar-refractivity contribution in [3.05, 3.63) is 76.2 Å². The van der Waals surface area contributed by atoms with Crippen molar-refractivity contribution < 1.29 is 4.52 Å². The van der Waals surface area contributed by atoms with E-state index in [1.165, 1.54) is 11.8 Å². The largest absolute Gasteiger partial charge is 0.338 e. The van der Waals surface area contributed by atoms with Crippen LogP contribution in [0.15, 0.2) is 63.0 Å². The van der Waals surface area contributed by atoms with Crippen LogP contribution >= 0.6 is 11.8 Å². The molecule has 0 atom stereocenters. The lowest BCUT2D eigenvalue weighted by Gasteiger charge is -2.12. The van der Waals surface area contributed by atoms with E-state index < -0.39 is 0 Å². The molecular weight excluding hydrogens is 384 g/mol. The smallest absolute Gasteiger partial charge is 0.266 e. The van der Waals surface area contributed by atoms with Gasteiger partial charge in [-0.15, -0.1) is 0 Å². The van der Waals surface area contributed by atoms with Gasteiger partial charge < -0.3 is 4.52 Å². The quantitative estimate of drug-likeness (QED) is 0.327. The van der Waals surface area contributed by atoms with E-state index in [1.807, 2.05) is 55.5 Å². The standard InChI is InChI=1S/C22H22N4O2S/c1-3-4-9-19-24-20(28-25-19)14-29-22-23-18-8-6-5-7-17(18)21(27)26(22)16-12-10-15(2)11-13-16/h5-8,10-13H,3-4,9,14H2,1-2H3. The first-order valence-corrected chi connectivity index (χ1v) is 10.7. The van der Waals surface area contributed by atoms with Gasteiger partial charge >= 0.3 is 0 Å². The minimum absolute atomic E-state index is 0.0869. The van der Waals surface area contributed by atoms with Crippen molar-refractivity contribution >= 4 is 22.7 Å². The monoisotopic (exact) mass is 406 g/mol. The number of aryl methyl sites for hydroxylation is 2. The fourth-order valence-corrected chi connectivity index (χ4v) is 3.89. The number of benzene rings is 2. The summed E-state index contributed by atoms with van der Waals surface area (Å²) < 4.78 is 7.02. The van der Waals surface area contributed by atoms with Crippen molar-refractivity contribution in [1.82, 2.24) is 19.7 Å². The fraction of sp³-hybridized carbons (Fsp3) is 0.273. The van der Waals surface area contributed by atoms with Crippen LogP contribution in [0.25, 0.3) is 16.6 Å². The van der Waals surface area contributed by atoms with Crippen molar-refractivity contribution in [3.63, 3.8) is 0 Å². The number of thioether (sulfide) groups is 1. The van der Waals surface area contributed by atoms with Crippen LogP contribution in [-0.2, 0) is 12.2 Å². The van der Waals surface area contributed by atoms with E-state index >= 15 is 0 Å². The number of nitrogens with zero attached hydrogens (tertiary/aromatic N) is 4. The van der Waals surface area contributed by atoms with Gasteiger partial charge in [-0.1, -0.05) is 60.1 Å². The molecule has 0 N–H and O–H groups in total. The molecule has 0 aliphatic rings. The average molecular weight is 407 g/mol. The average Bonchev–Trinajstić information content (AvgIpc) is 3.20. The van der Waals surface area contributed by atoms with E-state index in [-0.39, 0.29) is 5.56 Å². The number of para-hydroxylation sites is 1. The highest BCUT2D eigenvalue weighted by Gasteiger charge is 2.15. The molecule has 29 heavy (non-hydrogen) atoms. The maximum Gasteiger partial charge on any atom is 0.266 e. The second-order valence-corrected chi connectivity index (χ2v) is 7.83. The molecule has 0 spiro atoms. The van der Waals surface area contributed by atoms with Crippen LogP contribution in [0.3, 0.4) is 0 Å². The Kier molecular flexibility index (Phi) is 5.76. The maximum absolute atomic E-state index is 13.2. The molecular formula is C22H22N4O2S. The Bertz CT molecular complexity index is 1180. The molecule has 0 unspecified atom stereocenters. The minimum Gasteiger partial charge on any atom is -0.338 e. The molecule has 0 radical (unpaired) electrons. The highest BCUT2D eigenvalue weighted by atomic mass is 32.2. The second-order valence-electron chi connectivity index (χ2n) is 6.88. The van der Waals surface area contributed by atoms with E-state index in [1.54, 1.807) is 4.57 Å². The van der Waals surface area contributed by atoms with Gasteiger partial charge in [0.15, 0.2) is 11.0 Å². The summed E-state index contributed by atoms with van der Waals surface area (Å²) >= 11 is 1.42. The van der Waals surface area contributed by atoms with Gasteiger partial charge in [-0.25, -0.2) is 4.98 Å². The molecule has 6 nitrogen and oxygen atoms in total. The summed E-state index contributed by atoms with van der Waals surface area (Å²) in [5, 5.41) is 5.23. The predicted octanol–water partition coefficient (Wildman–Crippen LogP) is 4.71. The third-order valence-electron chi connectivity index (χ3n) is 4.63. The Hall–Kier alpha value is -2.93. The van der Waals surface area contributed by atoms with Crippen molar-refractivity contribution in [2.75, 3.05) is 0 Å². The summed E-state index contributed by atoms with van der Waals surface area (Å²) in [4.78, 5) is 22.4. The van der Waals surface area contributed by atoms with Crippen molar-refractivity contribution in [3.8, 4) is 5.69 Å². The Morgan fingerprint density at radius 2 is 1.86 bits per heavy atom. The predicted molar refractivity (Wildman–Crippen MR) is 115 cm³/mol. The third kappa shape index (κ3) is 4.24. The van der Waals surface area contributed by atoms with E-state index in [4.69, 9.17) is 9.51 Å². The zero-order valence-corrected chi connectivity index (χ0v) is 17.3. The van der Waals surface area contributed by atoms with Gasteiger partial charge in [-0.2, -0.15) is 4.98 Å². The number of fused-ring (bicyclic) bond motifs is 1. The number of hydrogen-bond donors (Lipinski definition) is 0. The van der Waals surface area contributed by atoms with Crippen LogP contribution in [0.1, 0.15) is 37.0 Å². The maximum atomic E-state index is 13.2. The normalized spacial score (nSPS) is 11.2. The van der Waals surface area contributed by atoms with Crippen LogP contribution in [0.2, 0.25) is 0 Å². The van der Waals surface area contributed by atoms with Crippen LogP contribution in [-0.4, -0.2) is 19.7 Å². The van der Waals surface area contributed by atoms with Gasteiger partial charge in [0.05, 0.1) is 22.3 Å². The fourth-order valence-electron chi connectivity index (χ4n) is 3.04. The van der Waals surface area contributed by atoms with E-state index in [0.29, 0.717) is 27.7 Å². The SMILES string of the molecule is CCCCc1noc(CSc2nc3ccccc3c(=O)n2-c2ccc(C)cc2)n1. The minimum atomic E-state index is -0.0869. The highest BCUT2D eigenvalue weighted by molar-refractivity contribution is 7.98. The van der Waals surface area contributed by atoms with E-state index in [9.17, 15) is 4.79 Å². The molecule has 4 aromatic rings. The second kappa shape index (κ2) is 8.61. The van der Waals surface area contributed by atoms with Crippen LogP contribution < -0.4 is 5.56 Å². The van der Waals surface area contributed by atoms with Gasteiger partial charge in [0.1, 0.15) is 0 Å². The highest BCUT2D eigenvalue weighted by Crippen LogP contribution is 2.24. The first-order chi connectivity index (χ1) is 14.2. The van der Waals surface area contributed by atoms with Crippen molar-refractivity contribution in [1.29, 1.82) is 0 Å². The summed E-state index contributed by atoms with van der Waals surface area (Å²) in [5.41, 5.74) is 2.51. The van der Waals surface area contributed by atoms with Crippen LogP contribution in [0.4, 0.5) is 0 Å². The van der Waals surface area contributed by atoms with E-state index in [2.05, 4.69) is 17.1 Å². The Morgan fingerprint density at radius 1 is 1.07 bits per heavy atom. The molecule has 2 aromatic carbocycles. The molecule has 0 aliphatic heterocycles. The zero-order chi connectivity index (χ0) is 20.2. The molecule has 0 bridgehead atoms. The van der Waals surface area contributed by atoms with Gasteiger partial charge in [-0.3, -0.25) is 9.36 Å². The van der Waals surface area contributed by atoms with E-state index in [0.717, 1.165) is 36.3 Å². The summed E-state index contributed by atoms with van der Waals surface area (Å²) in [7, 11) is 0. The molecule has 0 saturated carbocycles. The lowest BCUT2D eigenvalue weighted by molar-refractivity contribution is 0.384. The number of unbranched alkanes of at least 4 members (excludes halogenated alkanes) is 1. The summed E-state index contributed by atoms with van der Waals surface area (Å²) in [6.45, 7) is 4.15. The molecule has 2 aromatic heterocycles. The Balaban J connectivity index is 1.70. The molecule has 2 heterocycles. The molecule has 7 heteroatoms. The van der Waals surface area contributed by atoms with Crippen LogP contribution in [0.5, 0.6) is 0 Å². The first kappa shape index (κ1) is 19.4. The number of aromatic nitrogens is 4. The number of rotatable bonds is 7. The van der Waals surface area contributed by atoms with Crippen molar-refractivity contribution in [2.24, 2.45) is 0 Å². The molecule has 0 saturated heterocycles. The van der Waals surface area contributed by atoms with Gasteiger partial charge in [0.25, 0.3) is 5.56 Å². The van der Waals surface area contributed by atoms with Gasteiger partial charge in [-0.05, 0) is 37.6 Å². The summed E-state index contributed by atoms with van der Waals surface area (Å²) in [5.74, 6) is 1.72.